The molecule has 2 rings (SSSR count). The van der Waals surface area contributed by atoms with Gasteiger partial charge in [-0.2, -0.15) is 10.5 Å². The van der Waals surface area contributed by atoms with Crippen LogP contribution < -0.4 is 0 Å². The minimum Gasteiger partial charge on any atom is -0.317 e. The van der Waals surface area contributed by atoms with E-state index in [2.05, 4.69) is 9.97 Å². The fourth-order valence-corrected chi connectivity index (χ4v) is 1.51. The maximum atomic E-state index is 8.94. The van der Waals surface area contributed by atoms with E-state index in [0.717, 1.165) is 5.56 Å². The van der Waals surface area contributed by atoms with Crippen LogP contribution in [-0.4, -0.2) is 14.5 Å². The van der Waals surface area contributed by atoms with Gasteiger partial charge in [-0.1, -0.05) is 17.7 Å². The van der Waals surface area contributed by atoms with E-state index in [1.54, 1.807) is 16.8 Å². The van der Waals surface area contributed by atoms with Gasteiger partial charge in [0.15, 0.2) is 11.4 Å². The van der Waals surface area contributed by atoms with Gasteiger partial charge in [0.1, 0.15) is 17.3 Å². The Labute approximate surface area is 103 Å². The Hall–Kier alpha value is -2.37. The molecule has 0 aromatic carbocycles. The Morgan fingerprint density at radius 3 is 2.65 bits per heavy atom. The molecule has 0 N–H and O–H groups in total. The number of imidazole rings is 1. The normalized spacial score (nSPS) is 9.59. The fourth-order valence-electron chi connectivity index (χ4n) is 1.40. The molecule has 82 valence electrons. The number of hydrogen-bond donors (Lipinski definition) is 0. The molecule has 17 heavy (non-hydrogen) atoms. The molecule has 0 unspecified atom stereocenters. The molecule has 2 aromatic heterocycles. The van der Waals surface area contributed by atoms with Crippen molar-refractivity contribution in [2.75, 3.05) is 0 Å². The van der Waals surface area contributed by atoms with E-state index in [9.17, 15) is 0 Å². The van der Waals surface area contributed by atoms with E-state index in [1.165, 1.54) is 6.33 Å². The van der Waals surface area contributed by atoms with Crippen molar-refractivity contribution in [2.24, 2.45) is 0 Å². The van der Waals surface area contributed by atoms with E-state index < -0.39 is 0 Å². The first kappa shape index (κ1) is 11.1. The number of pyridine rings is 1. The average Bonchev–Trinajstić information content (AvgIpc) is 2.74. The molecule has 0 fully saturated rings. The summed E-state index contributed by atoms with van der Waals surface area (Å²) in [7, 11) is 0. The number of hydrogen-bond acceptors (Lipinski definition) is 4. The van der Waals surface area contributed by atoms with Crippen LogP contribution in [0.25, 0.3) is 0 Å². The van der Waals surface area contributed by atoms with Crippen LogP contribution in [0.5, 0.6) is 0 Å². The lowest BCUT2D eigenvalue weighted by molar-refractivity contribution is 0.782. The van der Waals surface area contributed by atoms with Crippen molar-refractivity contribution in [3.05, 3.63) is 46.8 Å². The maximum absolute atomic E-state index is 8.94. The van der Waals surface area contributed by atoms with Gasteiger partial charge in [-0.3, -0.25) is 0 Å². The summed E-state index contributed by atoms with van der Waals surface area (Å²) >= 11 is 5.67. The molecule has 2 heterocycles. The summed E-state index contributed by atoms with van der Waals surface area (Å²) in [5.41, 5.74) is 1.27. The summed E-state index contributed by atoms with van der Waals surface area (Å²) in [5, 5.41) is 18.1. The third kappa shape index (κ3) is 2.25. The second-order valence-electron chi connectivity index (χ2n) is 3.28. The van der Waals surface area contributed by atoms with Crippen molar-refractivity contribution in [1.29, 1.82) is 10.5 Å². The zero-order valence-electron chi connectivity index (χ0n) is 8.63. The van der Waals surface area contributed by atoms with Crippen molar-refractivity contribution in [1.82, 2.24) is 14.5 Å². The summed E-state index contributed by atoms with van der Waals surface area (Å²) in [4.78, 5) is 7.79. The van der Waals surface area contributed by atoms with Gasteiger partial charge in [-0.05, 0) is 11.6 Å². The van der Waals surface area contributed by atoms with Gasteiger partial charge in [0.2, 0.25) is 0 Å². The largest absolute Gasteiger partial charge is 0.317 e. The quantitative estimate of drug-likeness (QED) is 0.753. The topological polar surface area (TPSA) is 78.3 Å². The minimum absolute atomic E-state index is 0.134. The van der Waals surface area contributed by atoms with E-state index in [0.29, 0.717) is 11.7 Å². The molecule has 5 nitrogen and oxygen atoms in total. The third-order valence-electron chi connectivity index (χ3n) is 2.19. The van der Waals surface area contributed by atoms with Gasteiger partial charge < -0.3 is 4.57 Å². The van der Waals surface area contributed by atoms with E-state index in [4.69, 9.17) is 22.1 Å². The SMILES string of the molecule is N#Cc1ncn(Cc2ccc(Cl)nc2)c1C#N. The smallest absolute Gasteiger partial charge is 0.176 e. The number of nitriles is 2. The van der Waals surface area contributed by atoms with E-state index >= 15 is 0 Å². The van der Waals surface area contributed by atoms with Crippen LogP contribution in [0.3, 0.4) is 0 Å². The lowest BCUT2D eigenvalue weighted by Gasteiger charge is -2.03. The Kier molecular flexibility index (Phi) is 3.04. The van der Waals surface area contributed by atoms with Gasteiger partial charge >= 0.3 is 0 Å². The first-order valence-corrected chi connectivity index (χ1v) is 5.08. The van der Waals surface area contributed by atoms with E-state index in [1.807, 2.05) is 18.2 Å². The monoisotopic (exact) mass is 243 g/mol. The molecule has 0 aliphatic heterocycles. The molecular formula is C11H6ClN5. The van der Waals surface area contributed by atoms with Crippen molar-refractivity contribution in [2.45, 2.75) is 6.54 Å². The molecule has 0 aliphatic rings. The third-order valence-corrected chi connectivity index (χ3v) is 2.41. The molecular weight excluding hydrogens is 238 g/mol. The lowest BCUT2D eigenvalue weighted by atomic mass is 10.2. The fraction of sp³-hybridized carbons (Fsp3) is 0.0909. The average molecular weight is 244 g/mol. The Bertz CT molecular complexity index is 615. The molecule has 0 aliphatic carbocycles. The van der Waals surface area contributed by atoms with Crippen molar-refractivity contribution >= 4 is 11.6 Å². The summed E-state index contributed by atoms with van der Waals surface area (Å²) in [5.74, 6) is 0. The van der Waals surface area contributed by atoms with Crippen molar-refractivity contribution in [3.8, 4) is 12.1 Å². The number of nitrogens with zero attached hydrogens (tertiary/aromatic N) is 5. The molecule has 0 saturated carbocycles. The van der Waals surface area contributed by atoms with Crippen LogP contribution in [0.4, 0.5) is 0 Å². The van der Waals surface area contributed by atoms with Gasteiger partial charge in [0.25, 0.3) is 0 Å². The predicted molar refractivity (Wildman–Crippen MR) is 60.0 cm³/mol. The van der Waals surface area contributed by atoms with Gasteiger partial charge in [0.05, 0.1) is 12.9 Å². The molecule has 0 radical (unpaired) electrons. The maximum Gasteiger partial charge on any atom is 0.176 e. The molecule has 6 heteroatoms. The first-order chi connectivity index (χ1) is 8.24. The lowest BCUT2D eigenvalue weighted by Crippen LogP contribution is -2.01. The molecule has 0 spiro atoms. The number of rotatable bonds is 2. The van der Waals surface area contributed by atoms with Crippen LogP contribution in [-0.2, 0) is 6.54 Å². The van der Waals surface area contributed by atoms with Crippen LogP contribution in [0.15, 0.2) is 24.7 Å². The van der Waals surface area contributed by atoms with Crippen LogP contribution >= 0.6 is 11.6 Å². The highest BCUT2D eigenvalue weighted by molar-refractivity contribution is 6.29. The van der Waals surface area contributed by atoms with Crippen LogP contribution in [0, 0.1) is 22.7 Å². The Morgan fingerprint density at radius 2 is 2.06 bits per heavy atom. The zero-order chi connectivity index (χ0) is 12.3. The summed E-state index contributed by atoms with van der Waals surface area (Å²) in [6, 6.07) is 7.31. The van der Waals surface area contributed by atoms with Gasteiger partial charge in [-0.25, -0.2) is 9.97 Å². The molecule has 2 aromatic rings. The summed E-state index contributed by atoms with van der Waals surface area (Å²) in [6.45, 7) is 0.432. The molecule has 0 amide bonds. The Morgan fingerprint density at radius 1 is 1.24 bits per heavy atom. The van der Waals surface area contributed by atoms with Gasteiger partial charge in [0, 0.05) is 6.20 Å². The number of aromatic nitrogens is 3. The molecule has 0 atom stereocenters. The zero-order valence-corrected chi connectivity index (χ0v) is 9.39. The van der Waals surface area contributed by atoms with Crippen LogP contribution in [0.1, 0.15) is 17.0 Å². The predicted octanol–water partition coefficient (Wildman–Crippen LogP) is 1.72. The molecule has 0 saturated heterocycles. The first-order valence-electron chi connectivity index (χ1n) is 4.70. The van der Waals surface area contributed by atoms with Gasteiger partial charge in [-0.15, -0.1) is 0 Å². The second kappa shape index (κ2) is 4.65. The highest BCUT2D eigenvalue weighted by atomic mass is 35.5. The highest BCUT2D eigenvalue weighted by Crippen LogP contribution is 2.10. The summed E-state index contributed by atoms with van der Waals surface area (Å²) < 4.78 is 1.60. The van der Waals surface area contributed by atoms with E-state index in [-0.39, 0.29) is 11.4 Å². The minimum atomic E-state index is 0.134. The van der Waals surface area contributed by atoms with Crippen molar-refractivity contribution < 1.29 is 0 Å². The standard InChI is InChI=1S/C11H6ClN5/c12-11-2-1-8(5-15-11)6-17-7-16-9(3-13)10(17)4-14/h1-2,5,7H,6H2. The Balaban J connectivity index is 2.31. The highest BCUT2D eigenvalue weighted by Gasteiger charge is 2.09. The number of halogens is 1. The molecule has 0 bridgehead atoms. The van der Waals surface area contributed by atoms with Crippen molar-refractivity contribution in [3.63, 3.8) is 0 Å². The second-order valence-corrected chi connectivity index (χ2v) is 3.67. The summed E-state index contributed by atoms with van der Waals surface area (Å²) in [6.07, 6.45) is 3.08. The van der Waals surface area contributed by atoms with Crippen LogP contribution in [0.2, 0.25) is 5.15 Å².